The second-order valence-corrected chi connectivity index (χ2v) is 6.79. The summed E-state index contributed by atoms with van der Waals surface area (Å²) in [6.07, 6.45) is -0.756. The number of alkyl carbamates (subject to hydrolysis) is 1. The Morgan fingerprint density at radius 2 is 1.69 bits per heavy atom. The van der Waals surface area contributed by atoms with E-state index in [0.717, 1.165) is 29.4 Å². The van der Waals surface area contributed by atoms with E-state index in [2.05, 4.69) is 10.2 Å². The van der Waals surface area contributed by atoms with Crippen molar-refractivity contribution in [3.8, 4) is 5.75 Å². The van der Waals surface area contributed by atoms with E-state index in [0.29, 0.717) is 19.6 Å². The number of methoxy groups -OCH3 is 1. The molecule has 2 rings (SSSR count). The van der Waals surface area contributed by atoms with Crippen molar-refractivity contribution in [2.75, 3.05) is 64.4 Å². The van der Waals surface area contributed by atoms with Crippen LogP contribution in [0, 0.1) is 0 Å². The second-order valence-electron chi connectivity index (χ2n) is 6.79. The summed E-state index contributed by atoms with van der Waals surface area (Å²) in [5, 5.41) is 2.17. The fourth-order valence-corrected chi connectivity index (χ4v) is 3.20. The van der Waals surface area contributed by atoms with E-state index in [1.54, 1.807) is 14.0 Å². The number of nitrogens with zero attached hydrogens (tertiary/aromatic N) is 2. The predicted molar refractivity (Wildman–Crippen MR) is 108 cm³/mol. The zero-order chi connectivity index (χ0) is 21.2. The molecule has 0 aliphatic carbocycles. The maximum atomic E-state index is 12.6. The van der Waals surface area contributed by atoms with Crippen LogP contribution in [0.1, 0.15) is 13.8 Å². The Labute approximate surface area is 171 Å². The number of benzene rings is 1. The van der Waals surface area contributed by atoms with Crippen LogP contribution in [0.2, 0.25) is 0 Å². The number of piperazine rings is 1. The maximum Gasteiger partial charge on any atom is 0.414 e. The van der Waals surface area contributed by atoms with Crippen LogP contribution in [0.3, 0.4) is 0 Å². The lowest BCUT2D eigenvalue weighted by molar-refractivity contribution is -0.882. The molecule has 1 saturated heterocycles. The summed E-state index contributed by atoms with van der Waals surface area (Å²) in [7, 11) is 1.64. The lowest BCUT2D eigenvalue weighted by Gasteiger charge is -2.36. The second kappa shape index (κ2) is 11.3. The molecular weight excluding hydrogens is 376 g/mol. The molecule has 1 heterocycles. The molecule has 29 heavy (non-hydrogen) atoms. The van der Waals surface area contributed by atoms with Crippen LogP contribution in [0.5, 0.6) is 5.75 Å². The van der Waals surface area contributed by atoms with Crippen LogP contribution < -0.4 is 19.9 Å². The molecule has 0 aromatic heterocycles. The number of hydrogen-bond donors (Lipinski definition) is 2. The van der Waals surface area contributed by atoms with Crippen molar-refractivity contribution in [1.82, 2.24) is 10.2 Å². The third-order valence-electron chi connectivity index (χ3n) is 4.90. The Hall–Kier alpha value is -2.81. The number of anilines is 1. The third-order valence-corrected chi connectivity index (χ3v) is 4.90. The molecule has 3 amide bonds. The standard InChI is InChI=1S/C20H30N4O5/c1-4-22(14-18(25)21-20(27)29-5-2)15-19(26)24-12-10-23(11-13-24)16-6-8-17(28-3)9-7-16/h6-9H,4-5,10-15H2,1-3H3,(H,21,25,27)/p+1. The van der Waals surface area contributed by atoms with Crippen LogP contribution >= 0.6 is 0 Å². The normalized spacial score (nSPS) is 14.9. The quantitative estimate of drug-likeness (QED) is 0.605. The zero-order valence-electron chi connectivity index (χ0n) is 17.4. The molecule has 1 unspecified atom stereocenters. The predicted octanol–water partition coefficient (Wildman–Crippen LogP) is -0.479. The molecule has 1 atom stereocenters. The average Bonchev–Trinajstić information content (AvgIpc) is 2.73. The van der Waals surface area contributed by atoms with Gasteiger partial charge in [0.25, 0.3) is 11.8 Å². The minimum atomic E-state index is -0.756. The molecule has 0 radical (unpaired) electrons. The van der Waals surface area contributed by atoms with Crippen LogP contribution in [-0.4, -0.2) is 82.3 Å². The molecule has 1 aliphatic rings. The molecule has 9 nitrogen and oxygen atoms in total. The van der Waals surface area contributed by atoms with E-state index in [-0.39, 0.29) is 25.6 Å². The van der Waals surface area contributed by atoms with Crippen LogP contribution in [0.4, 0.5) is 10.5 Å². The smallest absolute Gasteiger partial charge is 0.414 e. The van der Waals surface area contributed by atoms with Gasteiger partial charge in [0.2, 0.25) is 0 Å². The number of rotatable bonds is 8. The number of amides is 3. The first kappa shape index (κ1) is 22.5. The Morgan fingerprint density at radius 1 is 1.03 bits per heavy atom. The minimum absolute atomic E-state index is 0.0140. The number of imide groups is 1. The number of likely N-dealkylation sites (N-methyl/N-ethyl adjacent to an activating group) is 1. The van der Waals surface area contributed by atoms with Gasteiger partial charge in [0, 0.05) is 31.9 Å². The molecule has 2 N–H and O–H groups in total. The highest BCUT2D eigenvalue weighted by molar-refractivity contribution is 5.92. The molecule has 160 valence electrons. The monoisotopic (exact) mass is 407 g/mol. The van der Waals surface area contributed by atoms with Crippen molar-refractivity contribution < 1.29 is 28.8 Å². The van der Waals surface area contributed by atoms with Gasteiger partial charge in [0.05, 0.1) is 20.3 Å². The lowest BCUT2D eigenvalue weighted by atomic mass is 10.2. The molecule has 1 aromatic carbocycles. The van der Waals surface area contributed by atoms with Gasteiger partial charge in [0.1, 0.15) is 5.75 Å². The Morgan fingerprint density at radius 3 is 2.24 bits per heavy atom. The first-order chi connectivity index (χ1) is 14.0. The van der Waals surface area contributed by atoms with Crippen molar-refractivity contribution in [2.45, 2.75) is 13.8 Å². The van der Waals surface area contributed by atoms with Gasteiger partial charge in [-0.3, -0.25) is 14.9 Å². The van der Waals surface area contributed by atoms with Crippen LogP contribution in [-0.2, 0) is 14.3 Å². The van der Waals surface area contributed by atoms with Crippen LogP contribution in [0.15, 0.2) is 24.3 Å². The molecule has 0 spiro atoms. The van der Waals surface area contributed by atoms with E-state index in [1.807, 2.05) is 36.1 Å². The fraction of sp³-hybridized carbons (Fsp3) is 0.550. The third kappa shape index (κ3) is 6.94. The van der Waals surface area contributed by atoms with Gasteiger partial charge in [-0.25, -0.2) is 4.79 Å². The van der Waals surface area contributed by atoms with E-state index in [1.165, 1.54) is 0 Å². The van der Waals surface area contributed by atoms with E-state index >= 15 is 0 Å². The highest BCUT2D eigenvalue weighted by atomic mass is 16.5. The van der Waals surface area contributed by atoms with E-state index in [4.69, 9.17) is 9.47 Å². The van der Waals surface area contributed by atoms with Gasteiger partial charge in [-0.15, -0.1) is 0 Å². The van der Waals surface area contributed by atoms with E-state index in [9.17, 15) is 14.4 Å². The Kier molecular flexibility index (Phi) is 8.72. The number of hydrogen-bond acceptors (Lipinski definition) is 6. The average molecular weight is 407 g/mol. The number of nitrogens with one attached hydrogen (secondary N) is 2. The largest absolute Gasteiger partial charge is 0.497 e. The minimum Gasteiger partial charge on any atom is -0.497 e. The van der Waals surface area contributed by atoms with Gasteiger partial charge in [-0.05, 0) is 38.1 Å². The van der Waals surface area contributed by atoms with Crippen molar-refractivity contribution in [1.29, 1.82) is 0 Å². The summed E-state index contributed by atoms with van der Waals surface area (Å²) in [5.41, 5.74) is 1.11. The summed E-state index contributed by atoms with van der Waals surface area (Å²) in [4.78, 5) is 40.8. The Balaban J connectivity index is 1.79. The van der Waals surface area contributed by atoms with Gasteiger partial charge >= 0.3 is 6.09 Å². The Bertz CT molecular complexity index is 687. The first-order valence-electron chi connectivity index (χ1n) is 9.93. The highest BCUT2D eigenvalue weighted by Gasteiger charge is 2.25. The summed E-state index contributed by atoms with van der Waals surface area (Å²) < 4.78 is 9.88. The molecule has 1 aliphatic heterocycles. The molecular formula is C20H31N4O5+. The van der Waals surface area contributed by atoms with Crippen molar-refractivity contribution in [2.24, 2.45) is 0 Å². The number of quaternary nitrogens is 1. The number of carbonyl (C=O) groups excluding carboxylic acids is 3. The molecule has 9 heteroatoms. The van der Waals surface area contributed by atoms with Crippen molar-refractivity contribution in [3.63, 3.8) is 0 Å². The summed E-state index contributed by atoms with van der Waals surface area (Å²) >= 11 is 0. The van der Waals surface area contributed by atoms with Gasteiger partial charge < -0.3 is 24.2 Å². The van der Waals surface area contributed by atoms with Crippen LogP contribution in [0.25, 0.3) is 0 Å². The zero-order valence-corrected chi connectivity index (χ0v) is 17.4. The van der Waals surface area contributed by atoms with Gasteiger partial charge in [-0.1, -0.05) is 0 Å². The highest BCUT2D eigenvalue weighted by Crippen LogP contribution is 2.20. The molecule has 1 fully saturated rings. The number of ether oxygens (including phenoxy) is 2. The summed E-state index contributed by atoms with van der Waals surface area (Å²) in [5.74, 6) is 0.384. The van der Waals surface area contributed by atoms with Crippen molar-refractivity contribution >= 4 is 23.6 Å². The summed E-state index contributed by atoms with van der Waals surface area (Å²) in [6.45, 7) is 7.42. The fourth-order valence-electron chi connectivity index (χ4n) is 3.20. The van der Waals surface area contributed by atoms with E-state index < -0.39 is 12.0 Å². The summed E-state index contributed by atoms with van der Waals surface area (Å²) in [6, 6.07) is 7.89. The van der Waals surface area contributed by atoms with Gasteiger partial charge in [-0.2, -0.15) is 0 Å². The lowest BCUT2D eigenvalue weighted by Crippen LogP contribution is -3.14. The topological polar surface area (TPSA) is 92.6 Å². The molecule has 1 aromatic rings. The molecule has 0 bridgehead atoms. The number of carbonyl (C=O) groups is 3. The first-order valence-corrected chi connectivity index (χ1v) is 9.93. The van der Waals surface area contributed by atoms with Crippen molar-refractivity contribution in [3.05, 3.63) is 24.3 Å². The molecule has 0 saturated carbocycles. The van der Waals surface area contributed by atoms with Gasteiger partial charge in [0.15, 0.2) is 13.1 Å². The maximum absolute atomic E-state index is 12.6. The SMILES string of the molecule is CCOC(=O)NC(=O)C[NH+](CC)CC(=O)N1CCN(c2ccc(OC)cc2)CC1.